The van der Waals surface area contributed by atoms with Crippen LogP contribution in [0.1, 0.15) is 12.0 Å². The zero-order valence-corrected chi connectivity index (χ0v) is 12.3. The Balaban J connectivity index is 1.58. The molecule has 118 valence electrons. The number of hydroxylamine groups is 2. The van der Waals surface area contributed by atoms with Crippen molar-refractivity contribution in [1.82, 2.24) is 5.06 Å². The molecule has 0 aromatic heterocycles. The van der Waals surface area contributed by atoms with E-state index in [-0.39, 0.29) is 18.1 Å². The smallest absolute Gasteiger partial charge is 0.125 e. The largest absolute Gasteiger partial charge is 0.390 e. The van der Waals surface area contributed by atoms with E-state index < -0.39 is 17.8 Å². The maximum Gasteiger partial charge on any atom is 0.125 e. The van der Waals surface area contributed by atoms with Crippen molar-refractivity contribution in [2.75, 3.05) is 6.61 Å². The molecule has 1 aliphatic heterocycles. The van der Waals surface area contributed by atoms with E-state index >= 15 is 0 Å². The minimum Gasteiger partial charge on any atom is -0.390 e. The molecule has 2 aliphatic carbocycles. The fourth-order valence-corrected chi connectivity index (χ4v) is 4.35. The maximum absolute atomic E-state index is 10.8. The van der Waals surface area contributed by atoms with Crippen LogP contribution in [0.15, 0.2) is 43.0 Å². The number of fused-ring (bicyclic) bond motifs is 1. The average molecular weight is 303 g/mol. The van der Waals surface area contributed by atoms with Crippen molar-refractivity contribution in [3.8, 4) is 0 Å². The number of aliphatic hydroxyl groups is 2. The van der Waals surface area contributed by atoms with Gasteiger partial charge in [0.2, 0.25) is 0 Å². The summed E-state index contributed by atoms with van der Waals surface area (Å²) in [4.78, 5) is 6.00. The van der Waals surface area contributed by atoms with E-state index in [1.165, 1.54) is 0 Å². The van der Waals surface area contributed by atoms with Crippen molar-refractivity contribution < 1.29 is 19.8 Å². The van der Waals surface area contributed by atoms with Crippen LogP contribution in [-0.4, -0.2) is 51.8 Å². The predicted octanol–water partition coefficient (Wildman–Crippen LogP) is 0.868. The topological polar surface area (TPSA) is 62.2 Å². The van der Waals surface area contributed by atoms with E-state index in [0.717, 1.165) is 5.56 Å². The summed E-state index contributed by atoms with van der Waals surface area (Å²) in [5.41, 5.74) is 0.203. The van der Waals surface area contributed by atoms with E-state index in [1.54, 1.807) is 6.08 Å². The lowest BCUT2D eigenvalue weighted by Gasteiger charge is -2.34. The highest BCUT2D eigenvalue weighted by molar-refractivity contribution is 5.24. The molecule has 5 heteroatoms. The molecule has 2 bridgehead atoms. The Morgan fingerprint density at radius 3 is 2.82 bits per heavy atom. The summed E-state index contributed by atoms with van der Waals surface area (Å²) in [7, 11) is 0. The summed E-state index contributed by atoms with van der Waals surface area (Å²) in [6.07, 6.45) is 0.630. The summed E-state index contributed by atoms with van der Waals surface area (Å²) in [5, 5.41) is 23.2. The zero-order chi connectivity index (χ0) is 15.3. The van der Waals surface area contributed by atoms with Gasteiger partial charge in [0.25, 0.3) is 0 Å². The molecule has 3 fully saturated rings. The lowest BCUT2D eigenvalue weighted by atomic mass is 9.88. The van der Waals surface area contributed by atoms with Crippen LogP contribution in [0.2, 0.25) is 0 Å². The van der Waals surface area contributed by atoms with Crippen molar-refractivity contribution in [3.05, 3.63) is 48.6 Å². The summed E-state index contributed by atoms with van der Waals surface area (Å²) >= 11 is 0. The fourth-order valence-electron chi connectivity index (χ4n) is 4.35. The molecule has 1 aromatic carbocycles. The van der Waals surface area contributed by atoms with Gasteiger partial charge in [0, 0.05) is 18.9 Å². The van der Waals surface area contributed by atoms with Crippen LogP contribution in [0.4, 0.5) is 0 Å². The molecule has 6 atom stereocenters. The summed E-state index contributed by atoms with van der Waals surface area (Å²) in [5.74, 6) is -0.0940. The molecule has 0 radical (unpaired) electrons. The minimum atomic E-state index is -0.917. The van der Waals surface area contributed by atoms with E-state index in [1.807, 2.05) is 35.4 Å². The van der Waals surface area contributed by atoms with Crippen LogP contribution in [0.3, 0.4) is 0 Å². The molecule has 0 amide bonds. The Morgan fingerprint density at radius 2 is 2.09 bits per heavy atom. The number of hydrogen-bond acceptors (Lipinski definition) is 5. The Kier molecular flexibility index (Phi) is 3.36. The molecule has 4 rings (SSSR count). The number of aliphatic hydroxyl groups excluding tert-OH is 2. The van der Waals surface area contributed by atoms with Gasteiger partial charge in [-0.25, -0.2) is 0 Å². The molecular weight excluding hydrogens is 282 g/mol. The summed E-state index contributed by atoms with van der Waals surface area (Å²) in [6.45, 7) is 4.56. The second-order valence-electron chi connectivity index (χ2n) is 6.42. The van der Waals surface area contributed by atoms with E-state index in [4.69, 9.17) is 9.57 Å². The first-order chi connectivity index (χ1) is 10.7. The van der Waals surface area contributed by atoms with Crippen LogP contribution in [0.25, 0.3) is 0 Å². The van der Waals surface area contributed by atoms with Crippen molar-refractivity contribution >= 4 is 0 Å². The van der Waals surface area contributed by atoms with Gasteiger partial charge < -0.3 is 14.9 Å². The van der Waals surface area contributed by atoms with Crippen molar-refractivity contribution in [2.24, 2.45) is 5.92 Å². The summed E-state index contributed by atoms with van der Waals surface area (Å²) in [6, 6.07) is 9.78. The van der Waals surface area contributed by atoms with Gasteiger partial charge in [0.1, 0.15) is 11.7 Å². The third-order valence-electron chi connectivity index (χ3n) is 5.29. The first kappa shape index (κ1) is 14.4. The maximum atomic E-state index is 10.8. The second-order valence-corrected chi connectivity index (χ2v) is 6.42. The van der Waals surface area contributed by atoms with Gasteiger partial charge >= 0.3 is 0 Å². The van der Waals surface area contributed by atoms with Gasteiger partial charge in [-0.05, 0) is 5.56 Å². The van der Waals surface area contributed by atoms with Gasteiger partial charge in [-0.2, -0.15) is 5.06 Å². The Morgan fingerprint density at radius 1 is 1.32 bits per heavy atom. The van der Waals surface area contributed by atoms with Gasteiger partial charge in [0.05, 0.1) is 24.9 Å². The van der Waals surface area contributed by atoms with Gasteiger partial charge in [-0.1, -0.05) is 36.4 Å². The van der Waals surface area contributed by atoms with E-state index in [2.05, 4.69) is 6.58 Å². The molecule has 5 nitrogen and oxygen atoms in total. The van der Waals surface area contributed by atoms with Crippen LogP contribution >= 0.6 is 0 Å². The molecule has 1 aromatic rings. The van der Waals surface area contributed by atoms with Crippen molar-refractivity contribution in [1.29, 1.82) is 0 Å². The average Bonchev–Trinajstić information content (AvgIpc) is 3.04. The quantitative estimate of drug-likeness (QED) is 0.790. The third kappa shape index (κ3) is 1.84. The van der Waals surface area contributed by atoms with Gasteiger partial charge in [-0.15, -0.1) is 6.58 Å². The molecule has 2 N–H and O–H groups in total. The standard InChI is InChI=1S/C17H21NO4/c1-2-8-21-17-9-12-13(15(17)19)14(16(17)20)18(22-12)10-11-6-4-3-5-7-11/h2-7,12-16,19-20H,1,8-10H2/t12-,13+,14-,15+,16+,17-/m1/s1. The lowest BCUT2D eigenvalue weighted by molar-refractivity contribution is -0.176. The lowest BCUT2D eigenvalue weighted by Crippen LogP contribution is -2.51. The first-order valence-corrected chi connectivity index (χ1v) is 7.76. The highest BCUT2D eigenvalue weighted by Gasteiger charge is 2.74. The van der Waals surface area contributed by atoms with Gasteiger partial charge in [0.15, 0.2) is 0 Å². The molecule has 1 heterocycles. The van der Waals surface area contributed by atoms with E-state index in [0.29, 0.717) is 19.6 Å². The number of ether oxygens (including phenoxy) is 1. The first-order valence-electron chi connectivity index (χ1n) is 7.76. The number of benzene rings is 1. The second kappa shape index (κ2) is 5.15. The monoisotopic (exact) mass is 303 g/mol. The SMILES string of the molecule is C=CCO[C@]12C[C@H]3ON(Cc4ccccc4)[C@H]([C@H]3[C@@H]1O)[C@@H]2O. The highest BCUT2D eigenvalue weighted by atomic mass is 16.7. The Hall–Kier alpha value is -1.24. The third-order valence-corrected chi connectivity index (χ3v) is 5.29. The Labute approximate surface area is 129 Å². The number of hydrogen-bond donors (Lipinski definition) is 2. The van der Waals surface area contributed by atoms with Crippen LogP contribution < -0.4 is 0 Å². The van der Waals surface area contributed by atoms with Crippen LogP contribution in [0, 0.1) is 5.92 Å². The fraction of sp³-hybridized carbons (Fsp3) is 0.529. The predicted molar refractivity (Wildman–Crippen MR) is 79.6 cm³/mol. The highest BCUT2D eigenvalue weighted by Crippen LogP contribution is 2.57. The van der Waals surface area contributed by atoms with Crippen molar-refractivity contribution in [3.63, 3.8) is 0 Å². The molecule has 2 saturated carbocycles. The normalized spacial score (nSPS) is 42.9. The molecule has 0 unspecified atom stereocenters. The molecule has 22 heavy (non-hydrogen) atoms. The van der Waals surface area contributed by atoms with Gasteiger partial charge in [-0.3, -0.25) is 4.84 Å². The molecular formula is C17H21NO4. The minimum absolute atomic E-state index is 0.0862. The van der Waals surface area contributed by atoms with Crippen LogP contribution in [-0.2, 0) is 16.1 Å². The molecule has 1 saturated heterocycles. The Bertz CT molecular complexity index is 565. The zero-order valence-electron chi connectivity index (χ0n) is 12.3. The number of nitrogens with zero attached hydrogens (tertiary/aromatic N) is 1. The molecule has 0 spiro atoms. The van der Waals surface area contributed by atoms with Crippen LogP contribution in [0.5, 0.6) is 0 Å². The summed E-state index contributed by atoms with van der Waals surface area (Å²) < 4.78 is 5.81. The number of rotatable bonds is 5. The van der Waals surface area contributed by atoms with Crippen molar-refractivity contribution in [2.45, 2.75) is 42.9 Å². The van der Waals surface area contributed by atoms with E-state index in [9.17, 15) is 10.2 Å². The molecule has 3 aliphatic rings.